The molecule has 1 heterocycles. The molecule has 0 spiro atoms. The summed E-state index contributed by atoms with van der Waals surface area (Å²) in [5, 5.41) is 18.2. The average Bonchev–Trinajstić information content (AvgIpc) is 3.15. The lowest BCUT2D eigenvalue weighted by Gasteiger charge is -2.12. The molecule has 4 aromatic rings. The standard InChI is InChI=1S/C26H26N2O3/c1-16-5-6-17(2)20(13-16)15-31-22-11-12-23(24(29)14-22)26-25(18(3)27-28-26)19-7-9-21(30-4)10-8-19/h5-14,29H,15H2,1-4H3,(H,27,28). The maximum absolute atomic E-state index is 10.7. The highest BCUT2D eigenvalue weighted by atomic mass is 16.5. The van der Waals surface area contributed by atoms with Crippen LogP contribution in [0.15, 0.2) is 60.7 Å². The molecule has 1 aromatic heterocycles. The van der Waals surface area contributed by atoms with Crippen LogP contribution in [0.4, 0.5) is 0 Å². The van der Waals surface area contributed by atoms with Gasteiger partial charge < -0.3 is 14.6 Å². The minimum Gasteiger partial charge on any atom is -0.507 e. The third-order valence-corrected chi connectivity index (χ3v) is 5.45. The van der Waals surface area contributed by atoms with E-state index in [0.717, 1.165) is 28.1 Å². The van der Waals surface area contributed by atoms with Gasteiger partial charge in [-0.25, -0.2) is 0 Å². The number of aromatic nitrogens is 2. The first-order valence-electron chi connectivity index (χ1n) is 10.2. The van der Waals surface area contributed by atoms with Crippen molar-refractivity contribution < 1.29 is 14.6 Å². The zero-order chi connectivity index (χ0) is 22.0. The molecule has 0 amide bonds. The lowest BCUT2D eigenvalue weighted by atomic mass is 9.98. The topological polar surface area (TPSA) is 67.4 Å². The summed E-state index contributed by atoms with van der Waals surface area (Å²) >= 11 is 0. The van der Waals surface area contributed by atoms with Crippen molar-refractivity contribution in [1.29, 1.82) is 0 Å². The van der Waals surface area contributed by atoms with E-state index in [2.05, 4.69) is 42.2 Å². The molecule has 3 aromatic carbocycles. The number of rotatable bonds is 6. The summed E-state index contributed by atoms with van der Waals surface area (Å²) in [6.07, 6.45) is 0. The van der Waals surface area contributed by atoms with Crippen LogP contribution in [0.5, 0.6) is 17.2 Å². The largest absolute Gasteiger partial charge is 0.507 e. The van der Waals surface area contributed by atoms with E-state index in [9.17, 15) is 5.11 Å². The summed E-state index contributed by atoms with van der Waals surface area (Å²) in [4.78, 5) is 0. The second-order valence-corrected chi connectivity index (χ2v) is 7.70. The maximum atomic E-state index is 10.7. The Morgan fingerprint density at radius 2 is 1.65 bits per heavy atom. The molecule has 4 rings (SSSR count). The Hall–Kier alpha value is -3.73. The molecule has 0 aliphatic rings. The highest BCUT2D eigenvalue weighted by Gasteiger charge is 2.18. The Bertz CT molecular complexity index is 1210. The third kappa shape index (κ3) is 4.26. The van der Waals surface area contributed by atoms with E-state index in [1.165, 1.54) is 11.1 Å². The highest BCUT2D eigenvalue weighted by molar-refractivity contribution is 5.85. The summed E-state index contributed by atoms with van der Waals surface area (Å²) in [5.41, 5.74) is 7.72. The summed E-state index contributed by atoms with van der Waals surface area (Å²) in [5.74, 6) is 1.53. The van der Waals surface area contributed by atoms with Crippen molar-refractivity contribution in [2.45, 2.75) is 27.4 Å². The van der Waals surface area contributed by atoms with E-state index in [-0.39, 0.29) is 5.75 Å². The predicted molar refractivity (Wildman–Crippen MR) is 123 cm³/mol. The fourth-order valence-electron chi connectivity index (χ4n) is 3.65. The molecular weight excluding hydrogens is 388 g/mol. The van der Waals surface area contributed by atoms with Crippen LogP contribution in [-0.4, -0.2) is 22.4 Å². The van der Waals surface area contributed by atoms with Gasteiger partial charge in [-0.2, -0.15) is 5.10 Å². The summed E-state index contributed by atoms with van der Waals surface area (Å²) in [6, 6.07) is 19.4. The Morgan fingerprint density at radius 3 is 2.35 bits per heavy atom. The molecule has 0 unspecified atom stereocenters. The molecule has 0 aliphatic carbocycles. The summed E-state index contributed by atoms with van der Waals surface area (Å²) in [6.45, 7) is 6.55. The number of aromatic amines is 1. The highest BCUT2D eigenvalue weighted by Crippen LogP contribution is 2.39. The average molecular weight is 415 g/mol. The second kappa shape index (κ2) is 8.56. The third-order valence-electron chi connectivity index (χ3n) is 5.45. The SMILES string of the molecule is COc1ccc(-c2c(-c3ccc(OCc4cc(C)ccc4C)cc3O)n[nH]c2C)cc1. The monoisotopic (exact) mass is 414 g/mol. The van der Waals surface area contributed by atoms with Gasteiger partial charge >= 0.3 is 0 Å². The molecule has 0 aliphatic heterocycles. The molecule has 0 saturated carbocycles. The van der Waals surface area contributed by atoms with Gasteiger partial charge in [0.25, 0.3) is 0 Å². The Kier molecular flexibility index (Phi) is 5.67. The van der Waals surface area contributed by atoms with Crippen molar-refractivity contribution in [2.75, 3.05) is 7.11 Å². The fraction of sp³-hybridized carbons (Fsp3) is 0.192. The normalized spacial score (nSPS) is 10.8. The molecule has 0 saturated heterocycles. The smallest absolute Gasteiger partial charge is 0.128 e. The molecule has 31 heavy (non-hydrogen) atoms. The van der Waals surface area contributed by atoms with Gasteiger partial charge in [-0.1, -0.05) is 35.9 Å². The van der Waals surface area contributed by atoms with Crippen LogP contribution in [0.2, 0.25) is 0 Å². The summed E-state index contributed by atoms with van der Waals surface area (Å²) < 4.78 is 11.2. The van der Waals surface area contributed by atoms with Crippen LogP contribution in [0.1, 0.15) is 22.4 Å². The lowest BCUT2D eigenvalue weighted by molar-refractivity contribution is 0.303. The number of nitrogens with one attached hydrogen (secondary N) is 1. The zero-order valence-corrected chi connectivity index (χ0v) is 18.2. The van der Waals surface area contributed by atoms with E-state index in [1.54, 1.807) is 13.2 Å². The minimum absolute atomic E-state index is 0.125. The Morgan fingerprint density at radius 1 is 0.903 bits per heavy atom. The Balaban J connectivity index is 1.61. The predicted octanol–water partition coefficient (Wildman–Crippen LogP) is 5.96. The fourth-order valence-corrected chi connectivity index (χ4v) is 3.65. The van der Waals surface area contributed by atoms with E-state index in [0.29, 0.717) is 23.6 Å². The quantitative estimate of drug-likeness (QED) is 0.408. The first-order valence-corrected chi connectivity index (χ1v) is 10.2. The van der Waals surface area contributed by atoms with E-state index < -0.39 is 0 Å². The number of ether oxygens (including phenoxy) is 2. The van der Waals surface area contributed by atoms with Crippen LogP contribution in [0.3, 0.4) is 0 Å². The van der Waals surface area contributed by atoms with Gasteiger partial charge in [0.2, 0.25) is 0 Å². The van der Waals surface area contributed by atoms with Crippen molar-refractivity contribution in [2.24, 2.45) is 0 Å². The number of phenolic OH excluding ortho intramolecular Hbond substituents is 1. The Labute approximate surface area is 182 Å². The molecule has 0 bridgehead atoms. The van der Waals surface area contributed by atoms with Crippen molar-refractivity contribution in [1.82, 2.24) is 10.2 Å². The van der Waals surface area contributed by atoms with Crippen molar-refractivity contribution in [3.05, 3.63) is 83.0 Å². The van der Waals surface area contributed by atoms with Crippen molar-refractivity contribution >= 4 is 0 Å². The number of phenols is 1. The molecule has 5 nitrogen and oxygen atoms in total. The number of hydrogen-bond donors (Lipinski definition) is 2. The van der Waals surface area contributed by atoms with E-state index in [4.69, 9.17) is 9.47 Å². The van der Waals surface area contributed by atoms with Gasteiger partial charge in [-0.15, -0.1) is 0 Å². The van der Waals surface area contributed by atoms with Crippen molar-refractivity contribution in [3.8, 4) is 39.6 Å². The molecular formula is C26H26N2O3. The van der Waals surface area contributed by atoms with Gasteiger partial charge in [0, 0.05) is 22.9 Å². The zero-order valence-electron chi connectivity index (χ0n) is 18.2. The van der Waals surface area contributed by atoms with Crippen LogP contribution in [-0.2, 0) is 6.61 Å². The number of aryl methyl sites for hydroxylation is 3. The second-order valence-electron chi connectivity index (χ2n) is 7.70. The number of aromatic hydroxyl groups is 1. The molecule has 0 radical (unpaired) electrons. The molecule has 0 fully saturated rings. The number of H-pyrrole nitrogens is 1. The lowest BCUT2D eigenvalue weighted by Crippen LogP contribution is -1.98. The summed E-state index contributed by atoms with van der Waals surface area (Å²) in [7, 11) is 1.64. The van der Waals surface area contributed by atoms with Gasteiger partial charge in [-0.3, -0.25) is 5.10 Å². The van der Waals surface area contributed by atoms with E-state index >= 15 is 0 Å². The van der Waals surface area contributed by atoms with Gasteiger partial charge in [0.1, 0.15) is 29.5 Å². The number of nitrogens with zero attached hydrogens (tertiary/aromatic N) is 1. The van der Waals surface area contributed by atoms with Crippen LogP contribution < -0.4 is 9.47 Å². The number of hydrogen-bond acceptors (Lipinski definition) is 4. The first-order chi connectivity index (χ1) is 15.0. The number of methoxy groups -OCH3 is 1. The van der Waals surface area contributed by atoms with Crippen LogP contribution in [0, 0.1) is 20.8 Å². The maximum Gasteiger partial charge on any atom is 0.128 e. The van der Waals surface area contributed by atoms with Gasteiger partial charge in [-0.05, 0) is 61.7 Å². The van der Waals surface area contributed by atoms with Crippen LogP contribution in [0.25, 0.3) is 22.4 Å². The molecule has 0 atom stereocenters. The van der Waals surface area contributed by atoms with Gasteiger partial charge in [0.05, 0.1) is 7.11 Å². The molecule has 158 valence electrons. The minimum atomic E-state index is 0.125. The number of benzene rings is 3. The van der Waals surface area contributed by atoms with Crippen LogP contribution >= 0.6 is 0 Å². The van der Waals surface area contributed by atoms with Gasteiger partial charge in [0.15, 0.2) is 0 Å². The molecule has 5 heteroatoms. The van der Waals surface area contributed by atoms with Crippen molar-refractivity contribution in [3.63, 3.8) is 0 Å². The first kappa shape index (κ1) is 20.5. The van der Waals surface area contributed by atoms with E-state index in [1.807, 2.05) is 43.3 Å². The molecule has 2 N–H and O–H groups in total.